The number of nitrogens with one attached hydrogen (secondary N) is 4. The predicted molar refractivity (Wildman–Crippen MR) is 141 cm³/mol. The molecule has 1 atom stereocenters. The van der Waals surface area contributed by atoms with E-state index in [9.17, 15) is 22.8 Å². The van der Waals surface area contributed by atoms with Gasteiger partial charge in [0, 0.05) is 31.5 Å². The highest BCUT2D eigenvalue weighted by atomic mass is 35.5. The van der Waals surface area contributed by atoms with Crippen LogP contribution in [0.25, 0.3) is 0 Å². The third-order valence-electron chi connectivity index (χ3n) is 5.09. The molecule has 0 spiro atoms. The number of thiazole rings is 1. The summed E-state index contributed by atoms with van der Waals surface area (Å²) in [5.41, 5.74) is -1.01. The molecule has 4 heterocycles. The van der Waals surface area contributed by atoms with Crippen LogP contribution in [0.1, 0.15) is 43.7 Å². The molecule has 0 fully saturated rings. The molecule has 4 aromatic rings. The van der Waals surface area contributed by atoms with E-state index in [1.165, 1.54) is 24.9 Å². The Hall–Kier alpha value is -4.44. The normalized spacial score (nSPS) is 11.9. The van der Waals surface area contributed by atoms with E-state index in [0.29, 0.717) is 35.8 Å². The first-order valence-corrected chi connectivity index (χ1v) is 12.7. The molecular formula is C23H20ClF3N10O2S. The van der Waals surface area contributed by atoms with Crippen LogP contribution in [-0.2, 0) is 6.18 Å². The van der Waals surface area contributed by atoms with Crippen molar-refractivity contribution in [1.82, 2.24) is 35.2 Å². The molecule has 208 valence electrons. The number of rotatable bonds is 10. The van der Waals surface area contributed by atoms with Crippen LogP contribution in [0.15, 0.2) is 49.4 Å². The molecule has 0 aliphatic rings. The summed E-state index contributed by atoms with van der Waals surface area (Å²) in [6.45, 7) is 2.69. The van der Waals surface area contributed by atoms with Gasteiger partial charge in [-0.1, -0.05) is 11.6 Å². The standard InChI is InChI=1S/C23H20ClF3N10O2S/c1-12(22-32-9-16(40-22)21(39)37-19-6-13(23(25,26)27)14(24)8-31-19)36-20(38)15-7-18(35-11-33-15)30-5-4-29-17-2-3-28-10-34-17/h2-3,6-12H,4-5H2,1H3,(H,36,38)(H,28,29,34)(H,30,33,35)(H,31,37,39). The Bertz CT molecular complexity index is 1490. The van der Waals surface area contributed by atoms with Crippen LogP contribution in [0.2, 0.25) is 5.02 Å². The second-order valence-corrected chi connectivity index (χ2v) is 9.47. The van der Waals surface area contributed by atoms with Gasteiger partial charge in [-0.25, -0.2) is 29.9 Å². The van der Waals surface area contributed by atoms with Gasteiger partial charge in [0.25, 0.3) is 11.8 Å². The SMILES string of the molecule is CC(NC(=O)c1cc(NCCNc2ccncn2)ncn1)c1ncc(C(=O)Nc2cc(C(F)(F)F)c(Cl)cn2)s1. The summed E-state index contributed by atoms with van der Waals surface area (Å²) in [4.78, 5) is 49.3. The molecule has 0 saturated carbocycles. The largest absolute Gasteiger partial charge is 0.418 e. The Morgan fingerprint density at radius 3 is 2.42 bits per heavy atom. The average Bonchev–Trinajstić information content (AvgIpc) is 3.43. The number of carbonyl (C=O) groups excluding carboxylic acids is 2. The highest BCUT2D eigenvalue weighted by Crippen LogP contribution is 2.35. The number of anilines is 3. The minimum Gasteiger partial charge on any atom is -0.368 e. The molecule has 0 saturated heterocycles. The lowest BCUT2D eigenvalue weighted by atomic mass is 10.2. The van der Waals surface area contributed by atoms with Crippen LogP contribution < -0.4 is 21.3 Å². The maximum Gasteiger partial charge on any atom is 0.418 e. The van der Waals surface area contributed by atoms with Crippen molar-refractivity contribution in [2.75, 3.05) is 29.0 Å². The lowest BCUT2D eigenvalue weighted by Gasteiger charge is -2.12. The van der Waals surface area contributed by atoms with E-state index in [1.807, 2.05) is 0 Å². The second-order valence-electron chi connectivity index (χ2n) is 8.00. The molecule has 12 nitrogen and oxygen atoms in total. The Balaban J connectivity index is 1.31. The summed E-state index contributed by atoms with van der Waals surface area (Å²) >= 11 is 6.52. The minimum atomic E-state index is -4.71. The van der Waals surface area contributed by atoms with Crippen molar-refractivity contribution in [3.63, 3.8) is 0 Å². The fourth-order valence-corrected chi connectivity index (χ4v) is 4.21. The molecule has 40 heavy (non-hydrogen) atoms. The smallest absolute Gasteiger partial charge is 0.368 e. The molecule has 4 N–H and O–H groups in total. The van der Waals surface area contributed by atoms with E-state index in [4.69, 9.17) is 11.6 Å². The van der Waals surface area contributed by atoms with Crippen molar-refractivity contribution in [2.45, 2.75) is 19.1 Å². The van der Waals surface area contributed by atoms with Crippen molar-refractivity contribution < 1.29 is 22.8 Å². The number of hydrogen-bond donors (Lipinski definition) is 4. The fraction of sp³-hybridized carbons (Fsp3) is 0.217. The zero-order valence-corrected chi connectivity index (χ0v) is 22.1. The highest BCUT2D eigenvalue weighted by Gasteiger charge is 2.34. The molecule has 0 radical (unpaired) electrons. The maximum atomic E-state index is 13.1. The summed E-state index contributed by atoms with van der Waals surface area (Å²) in [7, 11) is 0. The number of hydrogen-bond acceptors (Lipinski definition) is 11. The van der Waals surface area contributed by atoms with Gasteiger partial charge >= 0.3 is 6.18 Å². The van der Waals surface area contributed by atoms with Crippen LogP contribution >= 0.6 is 22.9 Å². The first-order valence-electron chi connectivity index (χ1n) is 11.5. The van der Waals surface area contributed by atoms with Gasteiger partial charge in [-0.15, -0.1) is 11.3 Å². The van der Waals surface area contributed by atoms with E-state index in [2.05, 4.69) is 51.2 Å². The minimum absolute atomic E-state index is 0.102. The first-order chi connectivity index (χ1) is 19.1. The predicted octanol–water partition coefficient (Wildman–Crippen LogP) is 4.06. The molecule has 17 heteroatoms. The van der Waals surface area contributed by atoms with Crippen molar-refractivity contribution >= 4 is 52.2 Å². The number of alkyl halides is 3. The van der Waals surface area contributed by atoms with E-state index < -0.39 is 34.6 Å². The van der Waals surface area contributed by atoms with E-state index in [-0.39, 0.29) is 16.4 Å². The van der Waals surface area contributed by atoms with Crippen LogP contribution in [0.3, 0.4) is 0 Å². The summed E-state index contributed by atoms with van der Waals surface area (Å²) < 4.78 is 39.2. The zero-order chi connectivity index (χ0) is 28.7. The zero-order valence-electron chi connectivity index (χ0n) is 20.5. The number of amides is 2. The second kappa shape index (κ2) is 12.6. The lowest BCUT2D eigenvalue weighted by Crippen LogP contribution is -2.27. The average molecular weight is 593 g/mol. The topological polar surface area (TPSA) is 160 Å². The summed E-state index contributed by atoms with van der Waals surface area (Å²) in [5.74, 6) is -0.422. The monoisotopic (exact) mass is 592 g/mol. The Morgan fingerprint density at radius 1 is 0.950 bits per heavy atom. The molecule has 4 aromatic heterocycles. The van der Waals surface area contributed by atoms with Gasteiger partial charge in [0.1, 0.15) is 45.7 Å². The molecule has 2 amide bonds. The highest BCUT2D eigenvalue weighted by molar-refractivity contribution is 7.13. The van der Waals surface area contributed by atoms with Gasteiger partial charge in [0.05, 0.1) is 22.8 Å². The van der Waals surface area contributed by atoms with E-state index in [1.54, 1.807) is 19.2 Å². The van der Waals surface area contributed by atoms with E-state index in [0.717, 1.165) is 17.5 Å². The number of halogens is 4. The van der Waals surface area contributed by atoms with Crippen LogP contribution in [-0.4, -0.2) is 54.8 Å². The first kappa shape index (κ1) is 28.6. The van der Waals surface area contributed by atoms with Crippen molar-refractivity contribution in [3.05, 3.63) is 75.6 Å². The molecule has 0 aromatic carbocycles. The quantitative estimate of drug-likeness (QED) is 0.198. The van der Waals surface area contributed by atoms with Gasteiger partial charge in [-0.2, -0.15) is 13.2 Å². The molecule has 0 aliphatic heterocycles. The van der Waals surface area contributed by atoms with Gasteiger partial charge in [-0.3, -0.25) is 9.59 Å². The summed E-state index contributed by atoms with van der Waals surface area (Å²) in [6.07, 6.45) is 1.65. The van der Waals surface area contributed by atoms with Crippen LogP contribution in [0.4, 0.5) is 30.6 Å². The van der Waals surface area contributed by atoms with Crippen molar-refractivity contribution in [1.29, 1.82) is 0 Å². The Kier molecular flexibility index (Phi) is 9.00. The van der Waals surface area contributed by atoms with Gasteiger partial charge in [-0.05, 0) is 19.1 Å². The van der Waals surface area contributed by atoms with Gasteiger partial charge in [0.2, 0.25) is 0 Å². The molecule has 4 rings (SSSR count). The van der Waals surface area contributed by atoms with Gasteiger partial charge in [0.15, 0.2) is 0 Å². The number of carbonyl (C=O) groups is 2. The molecule has 0 aliphatic carbocycles. The van der Waals surface area contributed by atoms with Crippen LogP contribution in [0, 0.1) is 0 Å². The third-order valence-corrected chi connectivity index (χ3v) is 6.57. The summed E-state index contributed by atoms with van der Waals surface area (Å²) in [5, 5.41) is 11.0. The van der Waals surface area contributed by atoms with Crippen molar-refractivity contribution in [2.24, 2.45) is 0 Å². The van der Waals surface area contributed by atoms with Crippen LogP contribution in [0.5, 0.6) is 0 Å². The molecule has 0 bridgehead atoms. The maximum absolute atomic E-state index is 13.1. The molecular weight excluding hydrogens is 573 g/mol. The number of pyridine rings is 1. The summed E-state index contributed by atoms with van der Waals surface area (Å²) in [6, 6.07) is 3.26. The lowest BCUT2D eigenvalue weighted by molar-refractivity contribution is -0.137. The number of nitrogens with zero attached hydrogens (tertiary/aromatic N) is 6. The molecule has 1 unspecified atom stereocenters. The van der Waals surface area contributed by atoms with E-state index >= 15 is 0 Å². The number of aromatic nitrogens is 6. The fourth-order valence-electron chi connectivity index (χ4n) is 3.18. The Labute approximate surface area is 233 Å². The third kappa shape index (κ3) is 7.57. The van der Waals surface area contributed by atoms with Crippen molar-refractivity contribution in [3.8, 4) is 0 Å². The Morgan fingerprint density at radius 2 is 1.70 bits per heavy atom. The van der Waals surface area contributed by atoms with Gasteiger partial charge < -0.3 is 21.3 Å².